The summed E-state index contributed by atoms with van der Waals surface area (Å²) in [5.41, 5.74) is 0.216. The van der Waals surface area contributed by atoms with E-state index >= 15 is 0 Å². The summed E-state index contributed by atoms with van der Waals surface area (Å²) in [5, 5.41) is 13.9. The highest BCUT2D eigenvalue weighted by atomic mass is 32.2. The van der Waals surface area contributed by atoms with Gasteiger partial charge in [0.15, 0.2) is 0 Å². The van der Waals surface area contributed by atoms with Gasteiger partial charge >= 0.3 is 5.97 Å². The molecule has 0 amide bonds. The second kappa shape index (κ2) is 5.98. The Balaban J connectivity index is 2.33. The number of sulfonamides is 1. The van der Waals surface area contributed by atoms with Gasteiger partial charge in [-0.25, -0.2) is 17.9 Å². The zero-order chi connectivity index (χ0) is 15.6. The molecule has 1 saturated heterocycles. The molecule has 1 heterocycles. The Labute approximate surface area is 122 Å². The van der Waals surface area contributed by atoms with Crippen LogP contribution in [0, 0.1) is 5.82 Å². The maximum Gasteiger partial charge on any atom is 0.305 e. The maximum atomic E-state index is 14.2. The number of nitrogens with zero attached hydrogens (tertiary/aromatic N) is 1. The van der Waals surface area contributed by atoms with Crippen LogP contribution >= 0.6 is 0 Å². The molecular formula is C13H17FN2O4S. The lowest BCUT2D eigenvalue weighted by atomic mass is 9.98. The van der Waals surface area contributed by atoms with E-state index in [4.69, 9.17) is 10.2 Å². The van der Waals surface area contributed by atoms with Crippen molar-refractivity contribution in [3.8, 4) is 0 Å². The van der Waals surface area contributed by atoms with Gasteiger partial charge in [0.1, 0.15) is 5.82 Å². The number of aliphatic carboxylic acids is 1. The molecule has 1 unspecified atom stereocenters. The first-order valence-corrected chi connectivity index (χ1v) is 8.14. The maximum absolute atomic E-state index is 14.2. The second-order valence-electron chi connectivity index (χ2n) is 5.10. The third-order valence-electron chi connectivity index (χ3n) is 3.59. The third kappa shape index (κ3) is 3.70. The van der Waals surface area contributed by atoms with Crippen LogP contribution in [0.1, 0.15) is 25.7 Å². The SMILES string of the molecule is NS(=O)(=O)c1ccc(N2CCCCC2CC(=O)O)c(F)c1. The standard InChI is InChI=1S/C13H17FN2O4S/c14-11-8-10(21(15,19)20)4-5-12(11)16-6-2-1-3-9(16)7-13(17)18/h4-5,8-9H,1-3,6-7H2,(H,17,18)(H2,15,19,20). The summed E-state index contributed by atoms with van der Waals surface area (Å²) in [4.78, 5) is 12.3. The number of hydrogen-bond acceptors (Lipinski definition) is 4. The van der Waals surface area contributed by atoms with Crippen LogP contribution in [0.25, 0.3) is 0 Å². The minimum Gasteiger partial charge on any atom is -0.481 e. The van der Waals surface area contributed by atoms with Gasteiger partial charge in [0.05, 0.1) is 17.0 Å². The highest BCUT2D eigenvalue weighted by molar-refractivity contribution is 7.89. The van der Waals surface area contributed by atoms with E-state index in [9.17, 15) is 17.6 Å². The zero-order valence-corrected chi connectivity index (χ0v) is 12.1. The average molecular weight is 316 g/mol. The molecule has 1 aliphatic rings. The smallest absolute Gasteiger partial charge is 0.305 e. The van der Waals surface area contributed by atoms with Crippen molar-refractivity contribution < 1.29 is 22.7 Å². The number of rotatable bonds is 4. The summed E-state index contributed by atoms with van der Waals surface area (Å²) in [6.45, 7) is 0.545. The molecule has 0 spiro atoms. The number of anilines is 1. The largest absolute Gasteiger partial charge is 0.481 e. The van der Waals surface area contributed by atoms with Crippen LogP contribution in [0.3, 0.4) is 0 Å². The van der Waals surface area contributed by atoms with E-state index in [0.29, 0.717) is 13.0 Å². The molecule has 0 radical (unpaired) electrons. The van der Waals surface area contributed by atoms with Gasteiger partial charge in [-0.15, -0.1) is 0 Å². The number of carboxylic acid groups (broad SMARTS) is 1. The molecule has 6 nitrogen and oxygen atoms in total. The molecule has 0 aromatic heterocycles. The van der Waals surface area contributed by atoms with Crippen LogP contribution in [0.5, 0.6) is 0 Å². The van der Waals surface area contributed by atoms with Gasteiger partial charge in [-0.2, -0.15) is 0 Å². The van der Waals surface area contributed by atoms with Crippen molar-refractivity contribution in [3.05, 3.63) is 24.0 Å². The topological polar surface area (TPSA) is 101 Å². The van der Waals surface area contributed by atoms with Gasteiger partial charge in [0.2, 0.25) is 10.0 Å². The van der Waals surface area contributed by atoms with E-state index in [-0.39, 0.29) is 23.0 Å². The zero-order valence-electron chi connectivity index (χ0n) is 11.3. The molecule has 1 aromatic rings. The van der Waals surface area contributed by atoms with Gasteiger partial charge in [0.25, 0.3) is 0 Å². The number of nitrogens with two attached hydrogens (primary N) is 1. The van der Waals surface area contributed by atoms with E-state index in [1.165, 1.54) is 12.1 Å². The van der Waals surface area contributed by atoms with Crippen LogP contribution in [-0.2, 0) is 14.8 Å². The monoisotopic (exact) mass is 316 g/mol. The molecule has 1 aliphatic heterocycles. The summed E-state index contributed by atoms with van der Waals surface area (Å²) in [6, 6.07) is 3.16. The minimum absolute atomic E-state index is 0.0730. The lowest BCUT2D eigenvalue weighted by molar-refractivity contribution is -0.137. The van der Waals surface area contributed by atoms with Crippen LogP contribution in [0.2, 0.25) is 0 Å². The quantitative estimate of drug-likeness (QED) is 0.872. The van der Waals surface area contributed by atoms with E-state index in [1.807, 2.05) is 0 Å². The molecule has 2 rings (SSSR count). The number of primary sulfonamides is 1. The van der Waals surface area contributed by atoms with Gasteiger partial charge in [-0.3, -0.25) is 4.79 Å². The second-order valence-corrected chi connectivity index (χ2v) is 6.66. The summed E-state index contributed by atoms with van der Waals surface area (Å²) in [6.07, 6.45) is 2.33. The van der Waals surface area contributed by atoms with Crippen LogP contribution in [0.4, 0.5) is 10.1 Å². The minimum atomic E-state index is -3.96. The molecule has 0 saturated carbocycles. The Kier molecular flexibility index (Phi) is 4.48. The molecule has 0 bridgehead atoms. The molecule has 1 aromatic carbocycles. The molecule has 21 heavy (non-hydrogen) atoms. The van der Waals surface area contributed by atoms with Crippen molar-refractivity contribution >= 4 is 21.7 Å². The van der Waals surface area contributed by atoms with Crippen molar-refractivity contribution in [3.63, 3.8) is 0 Å². The highest BCUT2D eigenvalue weighted by Crippen LogP contribution is 2.29. The predicted octanol–water partition coefficient (Wildman–Crippen LogP) is 1.31. The van der Waals surface area contributed by atoms with E-state index in [2.05, 4.69) is 0 Å². The van der Waals surface area contributed by atoms with E-state index in [0.717, 1.165) is 18.9 Å². The Bertz CT molecular complexity index is 648. The van der Waals surface area contributed by atoms with Crippen molar-refractivity contribution in [2.45, 2.75) is 36.6 Å². The molecule has 3 N–H and O–H groups in total. The first-order chi connectivity index (χ1) is 9.79. The van der Waals surface area contributed by atoms with Gasteiger partial charge < -0.3 is 10.0 Å². The molecule has 116 valence electrons. The molecule has 8 heteroatoms. The Hall–Kier alpha value is -1.67. The number of benzene rings is 1. The summed E-state index contributed by atoms with van der Waals surface area (Å²) in [7, 11) is -3.96. The summed E-state index contributed by atoms with van der Waals surface area (Å²) < 4.78 is 36.6. The van der Waals surface area contributed by atoms with Crippen LogP contribution in [0.15, 0.2) is 23.1 Å². The lowest BCUT2D eigenvalue weighted by Gasteiger charge is -2.37. The van der Waals surface area contributed by atoms with Crippen molar-refractivity contribution in [1.29, 1.82) is 0 Å². The summed E-state index contributed by atoms with van der Waals surface area (Å²) in [5.74, 6) is -1.65. The first kappa shape index (κ1) is 15.7. The number of piperidine rings is 1. The fraction of sp³-hybridized carbons (Fsp3) is 0.462. The van der Waals surface area contributed by atoms with Crippen LogP contribution < -0.4 is 10.0 Å². The fourth-order valence-electron chi connectivity index (χ4n) is 2.63. The fourth-order valence-corrected chi connectivity index (χ4v) is 3.15. The van der Waals surface area contributed by atoms with Crippen molar-refractivity contribution in [2.24, 2.45) is 5.14 Å². The van der Waals surface area contributed by atoms with Gasteiger partial charge in [-0.1, -0.05) is 0 Å². The number of halogens is 1. The number of carboxylic acids is 1. The molecular weight excluding hydrogens is 299 g/mol. The van der Waals surface area contributed by atoms with Crippen LogP contribution in [-0.4, -0.2) is 32.1 Å². The average Bonchev–Trinajstić information content (AvgIpc) is 2.38. The van der Waals surface area contributed by atoms with Crippen molar-refractivity contribution in [2.75, 3.05) is 11.4 Å². The third-order valence-corrected chi connectivity index (χ3v) is 4.51. The van der Waals surface area contributed by atoms with E-state index in [1.54, 1.807) is 4.90 Å². The van der Waals surface area contributed by atoms with Gasteiger partial charge in [-0.05, 0) is 37.5 Å². The Morgan fingerprint density at radius 3 is 2.71 bits per heavy atom. The predicted molar refractivity (Wildman–Crippen MR) is 75.0 cm³/mol. The number of hydrogen-bond donors (Lipinski definition) is 2. The number of carbonyl (C=O) groups is 1. The Morgan fingerprint density at radius 2 is 2.14 bits per heavy atom. The Morgan fingerprint density at radius 1 is 1.43 bits per heavy atom. The van der Waals surface area contributed by atoms with E-state index < -0.39 is 21.8 Å². The van der Waals surface area contributed by atoms with Gasteiger partial charge in [0, 0.05) is 12.6 Å². The first-order valence-electron chi connectivity index (χ1n) is 6.60. The van der Waals surface area contributed by atoms with Crippen molar-refractivity contribution in [1.82, 2.24) is 0 Å². The normalized spacial score (nSPS) is 19.5. The highest BCUT2D eigenvalue weighted by Gasteiger charge is 2.27. The summed E-state index contributed by atoms with van der Waals surface area (Å²) >= 11 is 0. The lowest BCUT2D eigenvalue weighted by Crippen LogP contribution is -2.41. The molecule has 0 aliphatic carbocycles. The molecule has 1 atom stereocenters. The molecule has 1 fully saturated rings.